The van der Waals surface area contributed by atoms with E-state index in [1.54, 1.807) is 11.3 Å². The molecule has 2 aromatic heterocycles. The first-order valence-corrected chi connectivity index (χ1v) is 8.44. The monoisotopic (exact) mass is 319 g/mol. The highest BCUT2D eigenvalue weighted by atomic mass is 32.1. The number of hydrogen-bond acceptors (Lipinski definition) is 4. The fourth-order valence-corrected chi connectivity index (χ4v) is 3.46. The van der Waals surface area contributed by atoms with Gasteiger partial charge in [-0.3, -0.25) is 9.58 Å². The lowest BCUT2D eigenvalue weighted by Gasteiger charge is -2.23. The predicted octanol–water partition coefficient (Wildman–Crippen LogP) is 3.13. The molecule has 0 aromatic carbocycles. The molecule has 0 amide bonds. The van der Waals surface area contributed by atoms with E-state index in [2.05, 4.69) is 41.9 Å². The Morgan fingerprint density at radius 3 is 2.82 bits per heavy atom. The van der Waals surface area contributed by atoms with Crippen LogP contribution >= 0.6 is 11.3 Å². The van der Waals surface area contributed by atoms with Gasteiger partial charge in [-0.25, -0.2) is 0 Å². The van der Waals surface area contributed by atoms with Crippen LogP contribution in [-0.4, -0.2) is 32.4 Å². The van der Waals surface area contributed by atoms with Crippen molar-refractivity contribution in [1.29, 1.82) is 0 Å². The van der Waals surface area contributed by atoms with Gasteiger partial charge in [0, 0.05) is 35.8 Å². The predicted molar refractivity (Wildman–Crippen MR) is 92.0 cm³/mol. The summed E-state index contributed by atoms with van der Waals surface area (Å²) in [6.07, 6.45) is 3.44. The number of thiophene rings is 1. The Balaban J connectivity index is 2.12. The van der Waals surface area contributed by atoms with E-state index in [0.717, 1.165) is 19.6 Å². The van der Waals surface area contributed by atoms with E-state index in [1.165, 1.54) is 21.7 Å². The smallest absolute Gasteiger partial charge is 0.0639 e. The van der Waals surface area contributed by atoms with Gasteiger partial charge >= 0.3 is 0 Å². The van der Waals surface area contributed by atoms with Crippen LogP contribution in [0.1, 0.15) is 28.6 Å². The van der Waals surface area contributed by atoms with Gasteiger partial charge in [0.25, 0.3) is 0 Å². The van der Waals surface area contributed by atoms with Crippen LogP contribution in [-0.2, 0) is 19.6 Å². The van der Waals surface area contributed by atoms with E-state index in [-0.39, 0.29) is 6.10 Å². The summed E-state index contributed by atoms with van der Waals surface area (Å²) in [6.45, 7) is 12.9. The zero-order valence-electron chi connectivity index (χ0n) is 13.6. The fourth-order valence-electron chi connectivity index (χ4n) is 2.52. The van der Waals surface area contributed by atoms with Crippen LogP contribution in [0.2, 0.25) is 0 Å². The molecular weight excluding hydrogens is 294 g/mol. The largest absolute Gasteiger partial charge is 0.392 e. The Labute approximate surface area is 136 Å². The minimum Gasteiger partial charge on any atom is -0.392 e. The minimum atomic E-state index is -0.344. The molecule has 2 heterocycles. The third-order valence-corrected chi connectivity index (χ3v) is 4.77. The molecule has 2 aromatic rings. The van der Waals surface area contributed by atoms with Gasteiger partial charge in [-0.05, 0) is 37.8 Å². The quantitative estimate of drug-likeness (QED) is 0.760. The molecule has 0 fully saturated rings. The molecule has 1 unspecified atom stereocenters. The molecule has 0 aliphatic rings. The van der Waals surface area contributed by atoms with Gasteiger partial charge in [0.1, 0.15) is 0 Å². The van der Waals surface area contributed by atoms with Crippen molar-refractivity contribution in [3.63, 3.8) is 0 Å². The van der Waals surface area contributed by atoms with E-state index in [1.807, 2.05) is 23.9 Å². The summed E-state index contributed by atoms with van der Waals surface area (Å²) in [7, 11) is 0. The number of aliphatic hydroxyl groups is 1. The van der Waals surface area contributed by atoms with Crippen molar-refractivity contribution >= 4 is 11.3 Å². The Morgan fingerprint density at radius 1 is 1.45 bits per heavy atom. The maximum absolute atomic E-state index is 9.79. The normalized spacial score (nSPS) is 12.8. The number of aryl methyl sites for hydroxylation is 1. The van der Waals surface area contributed by atoms with Crippen molar-refractivity contribution in [3.8, 4) is 0 Å². The van der Waals surface area contributed by atoms with Crippen molar-refractivity contribution in [2.45, 2.75) is 46.5 Å². The molecule has 4 nitrogen and oxygen atoms in total. The van der Waals surface area contributed by atoms with Crippen molar-refractivity contribution in [2.75, 3.05) is 6.54 Å². The second-order valence-electron chi connectivity index (χ2n) is 5.77. The zero-order chi connectivity index (χ0) is 16.1. The number of aliphatic hydroxyl groups excluding tert-OH is 1. The Hall–Kier alpha value is -1.43. The third kappa shape index (κ3) is 4.29. The third-order valence-electron chi connectivity index (χ3n) is 3.76. The lowest BCUT2D eigenvalue weighted by molar-refractivity contribution is 0.118. The van der Waals surface area contributed by atoms with E-state index < -0.39 is 0 Å². The SMILES string of the molecule is C=CCn1ncc(CN(Cc2sccc2C)CC(C)O)c1C. The van der Waals surface area contributed by atoms with Gasteiger partial charge in [-0.1, -0.05) is 6.08 Å². The molecule has 0 aliphatic heterocycles. The summed E-state index contributed by atoms with van der Waals surface area (Å²) in [5.74, 6) is 0. The maximum Gasteiger partial charge on any atom is 0.0639 e. The van der Waals surface area contributed by atoms with E-state index in [9.17, 15) is 5.11 Å². The second kappa shape index (κ2) is 7.72. The molecule has 0 spiro atoms. The number of allylic oxidation sites excluding steroid dienone is 1. The summed E-state index contributed by atoms with van der Waals surface area (Å²) < 4.78 is 1.96. The number of hydrogen-bond donors (Lipinski definition) is 1. The first-order valence-electron chi connectivity index (χ1n) is 7.56. The van der Waals surface area contributed by atoms with Gasteiger partial charge in [0.05, 0.1) is 18.8 Å². The van der Waals surface area contributed by atoms with E-state index >= 15 is 0 Å². The Kier molecular flexibility index (Phi) is 5.94. The fraction of sp³-hybridized carbons (Fsp3) is 0.471. The summed E-state index contributed by atoms with van der Waals surface area (Å²) in [4.78, 5) is 3.64. The van der Waals surface area contributed by atoms with Crippen molar-refractivity contribution in [2.24, 2.45) is 0 Å². The molecule has 2 rings (SSSR count). The molecule has 0 radical (unpaired) electrons. The molecule has 22 heavy (non-hydrogen) atoms. The van der Waals surface area contributed by atoms with Crippen LogP contribution in [0.3, 0.4) is 0 Å². The van der Waals surface area contributed by atoms with Crippen LogP contribution in [0.5, 0.6) is 0 Å². The average Bonchev–Trinajstić information content (AvgIpc) is 2.99. The summed E-state index contributed by atoms with van der Waals surface area (Å²) in [5.41, 5.74) is 3.69. The zero-order valence-corrected chi connectivity index (χ0v) is 14.4. The van der Waals surface area contributed by atoms with Crippen molar-refractivity contribution in [1.82, 2.24) is 14.7 Å². The van der Waals surface area contributed by atoms with Crippen LogP contribution in [0.25, 0.3) is 0 Å². The van der Waals surface area contributed by atoms with Gasteiger partial charge in [0.15, 0.2) is 0 Å². The van der Waals surface area contributed by atoms with Gasteiger partial charge in [-0.2, -0.15) is 5.10 Å². The number of aromatic nitrogens is 2. The summed E-state index contributed by atoms with van der Waals surface area (Å²) in [6, 6.07) is 2.15. The molecular formula is C17H25N3OS. The first kappa shape index (κ1) is 16.9. The molecule has 1 atom stereocenters. The molecule has 0 bridgehead atoms. The van der Waals surface area contributed by atoms with E-state index in [0.29, 0.717) is 6.54 Å². The van der Waals surface area contributed by atoms with Gasteiger partial charge < -0.3 is 5.11 Å². The highest BCUT2D eigenvalue weighted by Crippen LogP contribution is 2.20. The lowest BCUT2D eigenvalue weighted by Crippen LogP contribution is -2.30. The maximum atomic E-state index is 9.79. The molecule has 0 aliphatic carbocycles. The molecule has 0 saturated heterocycles. The standard InChI is InChI=1S/C17H25N3OS/c1-5-7-20-15(4)16(9-18-20)11-19(10-14(3)21)12-17-13(2)6-8-22-17/h5-6,8-9,14,21H,1,7,10-12H2,2-4H3. The van der Waals surface area contributed by atoms with Crippen LogP contribution in [0.15, 0.2) is 30.3 Å². The van der Waals surface area contributed by atoms with Gasteiger partial charge in [0.2, 0.25) is 0 Å². The Bertz CT molecular complexity index is 615. The number of nitrogens with zero attached hydrogens (tertiary/aromatic N) is 3. The summed E-state index contributed by atoms with van der Waals surface area (Å²) >= 11 is 1.78. The highest BCUT2D eigenvalue weighted by molar-refractivity contribution is 7.10. The van der Waals surface area contributed by atoms with E-state index in [4.69, 9.17) is 0 Å². The molecule has 5 heteroatoms. The first-order chi connectivity index (χ1) is 10.5. The molecule has 1 N–H and O–H groups in total. The second-order valence-corrected chi connectivity index (χ2v) is 6.77. The summed E-state index contributed by atoms with van der Waals surface area (Å²) in [5, 5.41) is 16.3. The molecule has 0 saturated carbocycles. The number of rotatable bonds is 8. The van der Waals surface area contributed by atoms with Gasteiger partial charge in [-0.15, -0.1) is 17.9 Å². The Morgan fingerprint density at radius 2 is 2.23 bits per heavy atom. The minimum absolute atomic E-state index is 0.344. The lowest BCUT2D eigenvalue weighted by atomic mass is 10.2. The van der Waals surface area contributed by atoms with Crippen LogP contribution in [0.4, 0.5) is 0 Å². The topological polar surface area (TPSA) is 41.3 Å². The van der Waals surface area contributed by atoms with Crippen molar-refractivity contribution < 1.29 is 5.11 Å². The van der Waals surface area contributed by atoms with Crippen molar-refractivity contribution in [3.05, 3.63) is 52.0 Å². The average molecular weight is 319 g/mol. The van der Waals surface area contributed by atoms with Crippen LogP contribution < -0.4 is 0 Å². The van der Waals surface area contributed by atoms with Crippen LogP contribution in [0, 0.1) is 13.8 Å². The highest BCUT2D eigenvalue weighted by Gasteiger charge is 2.15. The molecule has 120 valence electrons.